The third-order valence-electron chi connectivity index (χ3n) is 7.54. The molecule has 6 rings (SSSR count). The van der Waals surface area contributed by atoms with E-state index in [1.165, 1.54) is 30.3 Å². The van der Waals surface area contributed by atoms with E-state index < -0.39 is 28.2 Å². The molecule has 46 heavy (non-hydrogen) atoms. The Morgan fingerprint density at radius 2 is 1.57 bits per heavy atom. The van der Waals surface area contributed by atoms with Gasteiger partial charge in [-0.25, -0.2) is 30.4 Å². The number of alkyl halides is 2. The van der Waals surface area contributed by atoms with Crippen molar-refractivity contribution >= 4 is 38.5 Å². The van der Waals surface area contributed by atoms with Crippen molar-refractivity contribution in [2.45, 2.75) is 11.3 Å². The first kappa shape index (κ1) is 30.6. The lowest BCUT2D eigenvalue weighted by atomic mass is 9.93. The molecule has 11 heteroatoms. The summed E-state index contributed by atoms with van der Waals surface area (Å²) in [6.45, 7) is 0. The minimum atomic E-state index is -4.53. The number of hydrogen-bond donors (Lipinski definition) is 1. The Balaban J connectivity index is 1.72. The van der Waals surface area contributed by atoms with Gasteiger partial charge in [-0.05, 0) is 60.2 Å². The van der Waals surface area contributed by atoms with Crippen molar-refractivity contribution in [3.63, 3.8) is 0 Å². The summed E-state index contributed by atoms with van der Waals surface area (Å²) in [6.07, 6.45) is -2.81. The second kappa shape index (κ2) is 11.9. The Morgan fingerprint density at radius 1 is 0.848 bits per heavy atom. The van der Waals surface area contributed by atoms with E-state index in [1.807, 2.05) is 0 Å². The molecule has 228 valence electrons. The van der Waals surface area contributed by atoms with Gasteiger partial charge in [0.1, 0.15) is 5.82 Å². The van der Waals surface area contributed by atoms with Crippen molar-refractivity contribution < 1.29 is 31.5 Å². The van der Waals surface area contributed by atoms with E-state index in [4.69, 9.17) is 11.6 Å². The van der Waals surface area contributed by atoms with Gasteiger partial charge >= 0.3 is 5.97 Å². The largest absolute Gasteiger partial charge is 0.478 e. The van der Waals surface area contributed by atoms with Gasteiger partial charge < -0.3 is 5.11 Å². The first-order chi connectivity index (χ1) is 22.0. The minimum absolute atomic E-state index is 0.0218. The van der Waals surface area contributed by atoms with E-state index in [2.05, 4.69) is 6.07 Å². The number of carboxylic acids is 1. The third-order valence-corrected chi connectivity index (χ3v) is 9.58. The molecule has 0 aliphatic rings. The number of benzene rings is 5. The fraction of sp³-hybridized carbons (Fsp3) is 0.0286. The van der Waals surface area contributed by atoms with E-state index in [-0.39, 0.29) is 48.8 Å². The summed E-state index contributed by atoms with van der Waals surface area (Å²) in [7, 11) is -4.53. The van der Waals surface area contributed by atoms with Crippen LogP contribution in [0.4, 0.5) is 13.2 Å². The second-order valence-electron chi connectivity index (χ2n) is 10.3. The minimum Gasteiger partial charge on any atom is -0.478 e. The summed E-state index contributed by atoms with van der Waals surface area (Å²) < 4.78 is 71.5. The monoisotopic (exact) mass is 656 g/mol. The average Bonchev–Trinajstić information content (AvgIpc) is 3.39. The van der Waals surface area contributed by atoms with Crippen LogP contribution < -0.4 is 0 Å². The Bertz CT molecular complexity index is 2330. The Hall–Kier alpha value is -5.37. The summed E-state index contributed by atoms with van der Waals surface area (Å²) in [5.74, 6) is -1.81. The fourth-order valence-corrected chi connectivity index (χ4v) is 7.26. The van der Waals surface area contributed by atoms with E-state index in [0.29, 0.717) is 22.3 Å². The molecule has 5 aromatic carbocycles. The molecule has 0 radical (unpaired) electrons. The van der Waals surface area contributed by atoms with E-state index >= 15 is 0 Å². The highest BCUT2D eigenvalue weighted by Gasteiger charge is 2.30. The summed E-state index contributed by atoms with van der Waals surface area (Å²) >= 11 is 6.48. The maximum Gasteiger partial charge on any atom is 0.335 e. The van der Waals surface area contributed by atoms with Gasteiger partial charge in [-0.2, -0.15) is 5.26 Å². The molecule has 1 heterocycles. The van der Waals surface area contributed by atoms with Crippen molar-refractivity contribution in [1.29, 1.82) is 5.26 Å². The quantitative estimate of drug-likeness (QED) is 0.185. The van der Waals surface area contributed by atoms with Gasteiger partial charge in [0.2, 0.25) is 0 Å². The first-order valence-electron chi connectivity index (χ1n) is 13.6. The van der Waals surface area contributed by atoms with Gasteiger partial charge in [-0.15, -0.1) is 0 Å². The van der Waals surface area contributed by atoms with Crippen LogP contribution in [0.1, 0.15) is 27.9 Å². The van der Waals surface area contributed by atoms with Gasteiger partial charge in [0.05, 0.1) is 33.3 Å². The Morgan fingerprint density at radius 3 is 2.24 bits per heavy atom. The second-order valence-corrected chi connectivity index (χ2v) is 12.5. The number of fused-ring (bicyclic) bond motifs is 1. The summed E-state index contributed by atoms with van der Waals surface area (Å²) in [5, 5.41) is 19.7. The Labute approximate surface area is 266 Å². The molecular formula is C35H20ClF3N2O4S. The molecule has 1 N–H and O–H groups in total. The molecule has 0 fully saturated rings. The zero-order valence-corrected chi connectivity index (χ0v) is 25.0. The van der Waals surface area contributed by atoms with Crippen molar-refractivity contribution in [1.82, 2.24) is 3.97 Å². The number of rotatable bonds is 7. The summed E-state index contributed by atoms with van der Waals surface area (Å²) in [4.78, 5) is 11.2. The van der Waals surface area contributed by atoms with Crippen LogP contribution in [0.15, 0.2) is 114 Å². The van der Waals surface area contributed by atoms with Crippen LogP contribution in [0, 0.1) is 17.1 Å². The SMILES string of the molecule is N#Cc1ccccc1-c1c(-c2cccc(-c3ccc(C(=O)O)cc3Cl)c2)n(S(=O)(=O)c2ccc(C(F)F)cc2)c2ccc(F)cc12. The molecule has 0 aliphatic heterocycles. The number of carboxylic acid groups (broad SMARTS) is 1. The topological polar surface area (TPSA) is 100 Å². The van der Waals surface area contributed by atoms with Crippen LogP contribution in [0.3, 0.4) is 0 Å². The molecule has 6 aromatic rings. The fourth-order valence-electron chi connectivity index (χ4n) is 5.42. The number of aromatic carboxylic acids is 1. The molecule has 6 nitrogen and oxygen atoms in total. The number of nitriles is 1. The highest BCUT2D eigenvalue weighted by molar-refractivity contribution is 7.90. The summed E-state index contributed by atoms with van der Waals surface area (Å²) in [5.41, 5.74) is 1.90. The van der Waals surface area contributed by atoms with Gasteiger partial charge in [-0.1, -0.05) is 66.2 Å². The third kappa shape index (κ3) is 5.30. The van der Waals surface area contributed by atoms with Crippen molar-refractivity contribution in [3.05, 3.63) is 137 Å². The molecule has 0 amide bonds. The highest BCUT2D eigenvalue weighted by atomic mass is 35.5. The van der Waals surface area contributed by atoms with Crippen LogP contribution in [0.25, 0.3) is 44.4 Å². The number of hydrogen-bond acceptors (Lipinski definition) is 4. The average molecular weight is 657 g/mol. The molecule has 1 aromatic heterocycles. The lowest BCUT2D eigenvalue weighted by Gasteiger charge is -2.16. The molecule has 0 spiro atoms. The van der Waals surface area contributed by atoms with Crippen LogP contribution in [-0.4, -0.2) is 23.5 Å². The normalized spacial score (nSPS) is 11.6. The van der Waals surface area contributed by atoms with Crippen LogP contribution in [0.5, 0.6) is 0 Å². The van der Waals surface area contributed by atoms with Gasteiger partial charge in [0.15, 0.2) is 0 Å². The lowest BCUT2D eigenvalue weighted by Crippen LogP contribution is -2.14. The highest BCUT2D eigenvalue weighted by Crippen LogP contribution is 2.45. The smallest absolute Gasteiger partial charge is 0.335 e. The standard InChI is InChI=1S/C35H20ClF3N2O4S/c36-30-17-23(35(42)43)10-14-27(30)21-5-3-6-22(16-21)33-32(28-7-2-1-4-24(28)19-40)29-18-25(37)11-15-31(29)41(33)46(44,45)26-12-8-20(9-13-26)34(38)39/h1-18,34H,(H,42,43). The first-order valence-corrected chi connectivity index (χ1v) is 15.4. The number of aromatic nitrogens is 1. The van der Waals surface area contributed by atoms with Gasteiger partial charge in [0.25, 0.3) is 16.4 Å². The predicted octanol–water partition coefficient (Wildman–Crippen LogP) is 9.18. The van der Waals surface area contributed by atoms with Crippen LogP contribution >= 0.6 is 11.6 Å². The number of nitrogens with zero attached hydrogens (tertiary/aromatic N) is 2. The van der Waals surface area contributed by atoms with Crippen LogP contribution in [-0.2, 0) is 10.0 Å². The van der Waals surface area contributed by atoms with Gasteiger partial charge in [0, 0.05) is 38.2 Å². The molecule has 0 atom stereocenters. The van der Waals surface area contributed by atoms with Crippen molar-refractivity contribution in [3.8, 4) is 39.6 Å². The maximum atomic E-state index is 14.9. The predicted molar refractivity (Wildman–Crippen MR) is 169 cm³/mol. The molecule has 0 saturated carbocycles. The molecule has 0 aliphatic carbocycles. The lowest BCUT2D eigenvalue weighted by molar-refractivity contribution is 0.0697. The Kier molecular flexibility index (Phi) is 7.90. The maximum absolute atomic E-state index is 14.9. The molecule has 0 saturated heterocycles. The molecule has 0 unspecified atom stereocenters. The van der Waals surface area contributed by atoms with Crippen molar-refractivity contribution in [2.75, 3.05) is 0 Å². The van der Waals surface area contributed by atoms with Gasteiger partial charge in [-0.3, -0.25) is 0 Å². The van der Waals surface area contributed by atoms with E-state index in [0.717, 1.165) is 34.3 Å². The number of carbonyl (C=O) groups is 1. The van der Waals surface area contributed by atoms with E-state index in [1.54, 1.807) is 48.5 Å². The number of halogens is 4. The zero-order chi connectivity index (χ0) is 32.7. The van der Waals surface area contributed by atoms with Crippen molar-refractivity contribution in [2.24, 2.45) is 0 Å². The molecular weight excluding hydrogens is 637 g/mol. The molecule has 0 bridgehead atoms. The zero-order valence-electron chi connectivity index (χ0n) is 23.5. The summed E-state index contributed by atoms with van der Waals surface area (Å²) in [6, 6.07) is 27.3. The van der Waals surface area contributed by atoms with Crippen LogP contribution in [0.2, 0.25) is 5.02 Å². The van der Waals surface area contributed by atoms with E-state index in [9.17, 15) is 36.8 Å².